The Balaban J connectivity index is 1.79. The molecule has 2 heterocycles. The van der Waals surface area contributed by atoms with Crippen molar-refractivity contribution in [3.8, 4) is 0 Å². The lowest BCUT2D eigenvalue weighted by molar-refractivity contribution is -0.250. The molecular formula is C21H21ClINO5. The van der Waals surface area contributed by atoms with Crippen LogP contribution in [0.25, 0.3) is 10.9 Å². The van der Waals surface area contributed by atoms with E-state index in [-0.39, 0.29) is 0 Å². The lowest BCUT2D eigenvalue weighted by Gasteiger charge is -2.40. The SMILES string of the molecule is OC[C@H]1O[C@@H](n2cc(Cc3ccc(I)cc3)c3c(Cl)cccc32)[C@H](O)[C@@H](O)[C@@H]1O. The van der Waals surface area contributed by atoms with Gasteiger partial charge in [-0.25, -0.2) is 0 Å². The van der Waals surface area contributed by atoms with Gasteiger partial charge in [-0.3, -0.25) is 0 Å². The molecule has 5 atom stereocenters. The number of aliphatic hydroxyl groups is 4. The molecule has 0 bridgehead atoms. The van der Waals surface area contributed by atoms with Crippen molar-refractivity contribution in [3.63, 3.8) is 0 Å². The fraction of sp³-hybridized carbons (Fsp3) is 0.333. The van der Waals surface area contributed by atoms with Crippen LogP contribution in [0, 0.1) is 3.57 Å². The highest BCUT2D eigenvalue weighted by molar-refractivity contribution is 14.1. The Morgan fingerprint density at radius 1 is 1.00 bits per heavy atom. The maximum Gasteiger partial charge on any atom is 0.163 e. The third-order valence-corrected chi connectivity index (χ3v) is 6.37. The van der Waals surface area contributed by atoms with Crippen LogP contribution in [0.5, 0.6) is 0 Å². The van der Waals surface area contributed by atoms with Crippen molar-refractivity contribution >= 4 is 45.1 Å². The predicted octanol–water partition coefficient (Wildman–Crippen LogP) is 2.46. The largest absolute Gasteiger partial charge is 0.394 e. The number of ether oxygens (including phenoxy) is 1. The van der Waals surface area contributed by atoms with Crippen LogP contribution in [-0.2, 0) is 11.2 Å². The molecule has 6 nitrogen and oxygen atoms in total. The summed E-state index contributed by atoms with van der Waals surface area (Å²) in [5, 5.41) is 41.7. The van der Waals surface area contributed by atoms with E-state index in [2.05, 4.69) is 34.7 Å². The van der Waals surface area contributed by atoms with E-state index in [0.717, 1.165) is 25.6 Å². The maximum absolute atomic E-state index is 10.6. The molecule has 4 N–H and O–H groups in total. The molecule has 1 aromatic heterocycles. The van der Waals surface area contributed by atoms with Gasteiger partial charge in [-0.2, -0.15) is 0 Å². The molecule has 0 saturated carbocycles. The van der Waals surface area contributed by atoms with Crippen LogP contribution in [0.1, 0.15) is 17.4 Å². The zero-order valence-electron chi connectivity index (χ0n) is 15.3. The van der Waals surface area contributed by atoms with Gasteiger partial charge in [0.2, 0.25) is 0 Å². The molecule has 0 spiro atoms. The minimum Gasteiger partial charge on any atom is -0.394 e. The first kappa shape index (κ1) is 21.0. The Labute approximate surface area is 186 Å². The van der Waals surface area contributed by atoms with Crippen molar-refractivity contribution in [1.29, 1.82) is 0 Å². The summed E-state index contributed by atoms with van der Waals surface area (Å²) >= 11 is 8.76. The molecule has 29 heavy (non-hydrogen) atoms. The van der Waals surface area contributed by atoms with Crippen molar-refractivity contribution in [2.45, 2.75) is 37.1 Å². The van der Waals surface area contributed by atoms with Crippen LogP contribution >= 0.6 is 34.2 Å². The molecular weight excluding hydrogens is 509 g/mol. The summed E-state index contributed by atoms with van der Waals surface area (Å²) in [6, 6.07) is 13.6. The van der Waals surface area contributed by atoms with Gasteiger partial charge in [-0.1, -0.05) is 29.8 Å². The average molecular weight is 530 g/mol. The fourth-order valence-corrected chi connectivity index (χ4v) is 4.48. The first-order valence-electron chi connectivity index (χ1n) is 9.23. The summed E-state index contributed by atoms with van der Waals surface area (Å²) < 4.78 is 8.61. The number of aromatic nitrogens is 1. The highest BCUT2D eigenvalue weighted by atomic mass is 127. The molecule has 0 aliphatic carbocycles. The van der Waals surface area contributed by atoms with Crippen LogP contribution in [-0.4, -0.2) is 56.0 Å². The molecule has 0 amide bonds. The molecule has 2 aromatic carbocycles. The molecule has 1 aliphatic heterocycles. The van der Waals surface area contributed by atoms with Crippen LogP contribution in [0.2, 0.25) is 5.02 Å². The molecule has 0 unspecified atom stereocenters. The quantitative estimate of drug-likeness (QED) is 0.390. The fourth-order valence-electron chi connectivity index (χ4n) is 3.83. The Morgan fingerprint density at radius 3 is 2.41 bits per heavy atom. The van der Waals surface area contributed by atoms with Gasteiger partial charge >= 0.3 is 0 Å². The molecule has 0 radical (unpaired) electrons. The highest BCUT2D eigenvalue weighted by Crippen LogP contribution is 2.36. The first-order chi connectivity index (χ1) is 13.9. The number of aliphatic hydroxyl groups excluding tert-OH is 4. The number of rotatable bonds is 4. The van der Waals surface area contributed by atoms with E-state index in [1.165, 1.54) is 0 Å². The lowest BCUT2D eigenvalue weighted by Crippen LogP contribution is -2.56. The number of nitrogens with zero attached hydrogens (tertiary/aromatic N) is 1. The topological polar surface area (TPSA) is 95.1 Å². The Hall–Kier alpha value is -1.20. The summed E-state index contributed by atoms with van der Waals surface area (Å²) in [7, 11) is 0. The monoisotopic (exact) mass is 529 g/mol. The summed E-state index contributed by atoms with van der Waals surface area (Å²) in [6.45, 7) is -0.475. The van der Waals surface area contributed by atoms with Gasteiger partial charge in [-0.15, -0.1) is 0 Å². The normalized spacial score (nSPS) is 27.4. The van der Waals surface area contributed by atoms with Crippen molar-refractivity contribution < 1.29 is 25.2 Å². The number of halogens is 2. The molecule has 4 rings (SSSR count). The molecule has 1 fully saturated rings. The molecule has 154 valence electrons. The minimum absolute atomic E-state index is 0.475. The zero-order valence-corrected chi connectivity index (χ0v) is 18.2. The minimum atomic E-state index is -1.44. The van der Waals surface area contributed by atoms with Gasteiger partial charge in [0.15, 0.2) is 6.23 Å². The van der Waals surface area contributed by atoms with Gasteiger partial charge < -0.3 is 29.7 Å². The number of fused-ring (bicyclic) bond motifs is 1. The standard InChI is InChI=1S/C21H21ClINO5/c22-14-2-1-3-15-17(14)12(8-11-4-6-13(23)7-5-11)9-24(15)21-20(28)19(27)18(26)16(10-25)29-21/h1-7,9,16,18-21,25-28H,8,10H2/t16-,18-,19+,20-,21-/m1/s1. The average Bonchev–Trinajstić information content (AvgIpc) is 3.08. The Morgan fingerprint density at radius 2 is 1.72 bits per heavy atom. The third kappa shape index (κ3) is 3.93. The van der Waals surface area contributed by atoms with E-state index < -0.39 is 37.3 Å². The van der Waals surface area contributed by atoms with Crippen LogP contribution in [0.15, 0.2) is 48.7 Å². The second kappa shape index (κ2) is 8.50. The Bertz CT molecular complexity index is 1010. The number of hydrogen-bond donors (Lipinski definition) is 4. The summed E-state index contributed by atoms with van der Waals surface area (Å²) in [5.41, 5.74) is 2.80. The second-order valence-corrected chi connectivity index (χ2v) is 8.87. The van der Waals surface area contributed by atoms with Gasteiger partial charge in [0.25, 0.3) is 0 Å². The van der Waals surface area contributed by atoms with E-state index in [4.69, 9.17) is 16.3 Å². The summed E-state index contributed by atoms with van der Waals surface area (Å²) in [5.74, 6) is 0. The lowest BCUT2D eigenvalue weighted by atomic mass is 9.98. The van der Waals surface area contributed by atoms with E-state index in [1.54, 1.807) is 16.7 Å². The van der Waals surface area contributed by atoms with Crippen molar-refractivity contribution in [3.05, 3.63) is 68.4 Å². The van der Waals surface area contributed by atoms with Gasteiger partial charge in [0.1, 0.15) is 24.4 Å². The van der Waals surface area contributed by atoms with E-state index in [9.17, 15) is 20.4 Å². The van der Waals surface area contributed by atoms with Gasteiger partial charge in [-0.05, 0) is 64.4 Å². The van der Waals surface area contributed by atoms with E-state index in [0.29, 0.717) is 11.4 Å². The molecule has 1 saturated heterocycles. The highest BCUT2D eigenvalue weighted by Gasteiger charge is 2.44. The number of hydrogen-bond acceptors (Lipinski definition) is 5. The van der Waals surface area contributed by atoms with E-state index in [1.807, 2.05) is 24.4 Å². The van der Waals surface area contributed by atoms with Gasteiger partial charge in [0, 0.05) is 15.2 Å². The molecule has 3 aromatic rings. The molecule has 1 aliphatic rings. The van der Waals surface area contributed by atoms with Crippen LogP contribution < -0.4 is 0 Å². The van der Waals surface area contributed by atoms with Gasteiger partial charge in [0.05, 0.1) is 17.1 Å². The Kier molecular flexibility index (Phi) is 6.17. The van der Waals surface area contributed by atoms with Crippen molar-refractivity contribution in [2.75, 3.05) is 6.61 Å². The third-order valence-electron chi connectivity index (χ3n) is 5.33. The van der Waals surface area contributed by atoms with Crippen molar-refractivity contribution in [1.82, 2.24) is 4.57 Å². The first-order valence-corrected chi connectivity index (χ1v) is 10.7. The predicted molar refractivity (Wildman–Crippen MR) is 118 cm³/mol. The maximum atomic E-state index is 10.6. The van der Waals surface area contributed by atoms with Crippen LogP contribution in [0.3, 0.4) is 0 Å². The van der Waals surface area contributed by atoms with Crippen LogP contribution in [0.4, 0.5) is 0 Å². The number of benzene rings is 2. The summed E-state index contributed by atoms with van der Waals surface area (Å²) in [6.07, 6.45) is -3.69. The molecule has 8 heteroatoms. The van der Waals surface area contributed by atoms with Crippen molar-refractivity contribution in [2.24, 2.45) is 0 Å². The summed E-state index contributed by atoms with van der Waals surface area (Å²) in [4.78, 5) is 0. The zero-order chi connectivity index (χ0) is 20.7. The van der Waals surface area contributed by atoms with E-state index >= 15 is 0 Å². The second-order valence-electron chi connectivity index (χ2n) is 7.22. The smallest absolute Gasteiger partial charge is 0.163 e.